The largest absolute Gasteiger partial charge is 0.356 e. The van der Waals surface area contributed by atoms with Gasteiger partial charge < -0.3 is 10.2 Å². The molecule has 2 amide bonds. The molecule has 31 heavy (non-hydrogen) atoms. The maximum atomic E-state index is 13.0. The van der Waals surface area contributed by atoms with Crippen LogP contribution in [0.4, 0.5) is 0 Å². The first-order valence-electron chi connectivity index (χ1n) is 11.7. The van der Waals surface area contributed by atoms with Crippen molar-refractivity contribution in [2.45, 2.75) is 69.6 Å². The summed E-state index contributed by atoms with van der Waals surface area (Å²) in [5, 5.41) is 3.54. The highest BCUT2D eigenvalue weighted by molar-refractivity contribution is 8.04. The third kappa shape index (κ3) is 5.25. The van der Waals surface area contributed by atoms with E-state index in [-0.39, 0.29) is 23.8 Å². The summed E-state index contributed by atoms with van der Waals surface area (Å²) in [6.07, 6.45) is 13.0. The second-order valence-electron chi connectivity index (χ2n) is 9.16. The van der Waals surface area contributed by atoms with Crippen molar-refractivity contribution < 1.29 is 9.59 Å². The molecular formula is C26H34N2O2S. The molecule has 0 spiro atoms. The Morgan fingerprint density at radius 2 is 2.10 bits per heavy atom. The van der Waals surface area contributed by atoms with Crippen LogP contribution in [0.2, 0.25) is 0 Å². The lowest BCUT2D eigenvalue weighted by Crippen LogP contribution is -2.52. The lowest BCUT2D eigenvalue weighted by Gasteiger charge is -2.44. The number of hydrogen-bond donors (Lipinski definition) is 1. The van der Waals surface area contributed by atoms with Gasteiger partial charge >= 0.3 is 0 Å². The summed E-state index contributed by atoms with van der Waals surface area (Å²) >= 11 is 1.71. The Morgan fingerprint density at radius 1 is 1.26 bits per heavy atom. The second-order valence-corrected chi connectivity index (χ2v) is 10.4. The van der Waals surface area contributed by atoms with E-state index in [1.807, 2.05) is 30.2 Å². The molecule has 3 aliphatic rings. The molecule has 1 N–H and O–H groups in total. The summed E-state index contributed by atoms with van der Waals surface area (Å²) < 4.78 is 0. The van der Waals surface area contributed by atoms with Gasteiger partial charge in [0.05, 0.1) is 4.91 Å². The number of carbonyl (C=O) groups excluding carboxylic acids is 2. The van der Waals surface area contributed by atoms with Crippen LogP contribution in [-0.4, -0.2) is 41.6 Å². The molecule has 0 aromatic heterocycles. The Hall–Kier alpha value is -2.01. The topological polar surface area (TPSA) is 49.4 Å². The smallest absolute Gasteiger partial charge is 0.260 e. The van der Waals surface area contributed by atoms with Crippen molar-refractivity contribution >= 4 is 29.7 Å². The van der Waals surface area contributed by atoms with E-state index in [0.717, 1.165) is 42.7 Å². The first-order chi connectivity index (χ1) is 15.0. The number of aryl methyl sites for hydroxylation is 1. The summed E-state index contributed by atoms with van der Waals surface area (Å²) in [4.78, 5) is 28.6. The van der Waals surface area contributed by atoms with Crippen LogP contribution < -0.4 is 5.32 Å². The first-order valence-corrected chi connectivity index (χ1v) is 12.6. The van der Waals surface area contributed by atoms with Crippen molar-refractivity contribution in [2.24, 2.45) is 5.92 Å². The number of allylic oxidation sites excluding steroid dienone is 1. The van der Waals surface area contributed by atoms with Gasteiger partial charge in [0.25, 0.3) is 5.91 Å². The number of thioether (sulfide) groups is 1. The normalized spacial score (nSPS) is 27.6. The van der Waals surface area contributed by atoms with Crippen molar-refractivity contribution in [3.63, 3.8) is 0 Å². The summed E-state index contributed by atoms with van der Waals surface area (Å²) in [6, 6.07) is 8.31. The molecule has 1 saturated carbocycles. The number of carbonyl (C=O) groups is 2. The molecule has 1 aromatic rings. The fraction of sp³-hybridized carbons (Fsp3) is 0.538. The van der Waals surface area contributed by atoms with Gasteiger partial charge in [0.1, 0.15) is 0 Å². The zero-order chi connectivity index (χ0) is 21.8. The molecule has 2 aliphatic carbocycles. The highest BCUT2D eigenvalue weighted by Crippen LogP contribution is 2.43. The Morgan fingerprint density at radius 3 is 2.87 bits per heavy atom. The van der Waals surface area contributed by atoms with Crippen molar-refractivity contribution in [1.29, 1.82) is 0 Å². The van der Waals surface area contributed by atoms with Gasteiger partial charge in [-0.1, -0.05) is 35.9 Å². The standard InChI is InChI=1S/C26H34N2O2S/c1-18-8-6-7-11-20(18)17-24-26(30)28(2)22-16-21(12-13-23(22)31-24)25(29)27-15-14-19-9-4-3-5-10-19/h6-9,11,17,21-23H,3-5,10,12-16H2,1-2H3,(H,27,29)/b24-17-. The minimum absolute atomic E-state index is 0.0133. The highest BCUT2D eigenvalue weighted by atomic mass is 32.2. The van der Waals surface area contributed by atoms with Crippen LogP contribution in [0.3, 0.4) is 0 Å². The molecule has 5 heteroatoms. The second kappa shape index (κ2) is 10.1. The number of hydrogen-bond acceptors (Lipinski definition) is 3. The number of nitrogens with zero attached hydrogens (tertiary/aromatic N) is 1. The number of benzene rings is 1. The Bertz CT molecular complexity index is 891. The van der Waals surface area contributed by atoms with Crippen LogP contribution in [0.25, 0.3) is 6.08 Å². The Labute approximate surface area is 190 Å². The molecule has 4 nitrogen and oxygen atoms in total. The highest BCUT2D eigenvalue weighted by Gasteiger charge is 2.42. The molecule has 1 aliphatic heterocycles. The quantitative estimate of drug-likeness (QED) is 0.515. The molecule has 4 rings (SSSR count). The average Bonchev–Trinajstić information content (AvgIpc) is 2.79. The predicted octanol–water partition coefficient (Wildman–Crippen LogP) is 5.09. The molecule has 2 fully saturated rings. The van der Waals surface area contributed by atoms with Crippen molar-refractivity contribution in [1.82, 2.24) is 10.2 Å². The predicted molar refractivity (Wildman–Crippen MR) is 129 cm³/mol. The first kappa shape index (κ1) is 22.2. The van der Waals surface area contributed by atoms with Gasteiger partial charge in [-0.25, -0.2) is 0 Å². The van der Waals surface area contributed by atoms with E-state index in [2.05, 4.69) is 30.4 Å². The van der Waals surface area contributed by atoms with Gasteiger partial charge in [-0.2, -0.15) is 0 Å². The van der Waals surface area contributed by atoms with E-state index in [1.54, 1.807) is 11.8 Å². The molecule has 1 saturated heterocycles. The summed E-state index contributed by atoms with van der Waals surface area (Å²) in [5.74, 6) is 0.265. The summed E-state index contributed by atoms with van der Waals surface area (Å²) in [6.45, 7) is 2.81. The summed E-state index contributed by atoms with van der Waals surface area (Å²) in [5.41, 5.74) is 3.78. The van der Waals surface area contributed by atoms with E-state index in [9.17, 15) is 9.59 Å². The Balaban J connectivity index is 1.34. The molecule has 0 bridgehead atoms. The number of amides is 2. The van der Waals surface area contributed by atoms with Crippen LogP contribution in [0.5, 0.6) is 0 Å². The van der Waals surface area contributed by atoms with Gasteiger partial charge in [0, 0.05) is 30.8 Å². The third-order valence-electron chi connectivity index (χ3n) is 7.04. The summed E-state index contributed by atoms with van der Waals surface area (Å²) in [7, 11) is 1.90. The van der Waals surface area contributed by atoms with Crippen molar-refractivity contribution in [3.05, 3.63) is 51.9 Å². The molecular weight excluding hydrogens is 404 g/mol. The van der Waals surface area contributed by atoms with Crippen LogP contribution >= 0.6 is 11.8 Å². The minimum atomic E-state index is 0.0133. The molecule has 0 radical (unpaired) electrons. The lowest BCUT2D eigenvalue weighted by molar-refractivity contribution is -0.131. The van der Waals surface area contributed by atoms with E-state index in [4.69, 9.17) is 0 Å². The monoisotopic (exact) mass is 438 g/mol. The van der Waals surface area contributed by atoms with Crippen LogP contribution in [0.15, 0.2) is 40.8 Å². The number of nitrogens with one attached hydrogen (secondary N) is 1. The van der Waals surface area contributed by atoms with Gasteiger partial charge in [-0.15, -0.1) is 11.8 Å². The number of fused-ring (bicyclic) bond motifs is 1. The fourth-order valence-corrected chi connectivity index (χ4v) is 6.52. The van der Waals surface area contributed by atoms with Crippen LogP contribution in [0, 0.1) is 12.8 Å². The zero-order valence-electron chi connectivity index (χ0n) is 18.7. The number of rotatable bonds is 5. The molecule has 1 heterocycles. The molecule has 166 valence electrons. The molecule has 3 unspecified atom stereocenters. The van der Waals surface area contributed by atoms with Gasteiger partial charge in [-0.3, -0.25) is 9.59 Å². The average molecular weight is 439 g/mol. The Kier molecular flexibility index (Phi) is 7.21. The van der Waals surface area contributed by atoms with Crippen molar-refractivity contribution in [2.75, 3.05) is 13.6 Å². The van der Waals surface area contributed by atoms with Gasteiger partial charge in [0.15, 0.2) is 0 Å². The van der Waals surface area contributed by atoms with Gasteiger partial charge in [0.2, 0.25) is 5.91 Å². The van der Waals surface area contributed by atoms with E-state index in [1.165, 1.54) is 36.8 Å². The van der Waals surface area contributed by atoms with Crippen LogP contribution in [-0.2, 0) is 9.59 Å². The molecule has 1 aromatic carbocycles. The lowest BCUT2D eigenvalue weighted by atomic mass is 9.83. The third-order valence-corrected chi connectivity index (χ3v) is 8.44. The van der Waals surface area contributed by atoms with E-state index >= 15 is 0 Å². The maximum absolute atomic E-state index is 13.0. The number of likely N-dealkylation sites (N-methyl/N-ethyl adjacent to an activating group) is 1. The maximum Gasteiger partial charge on any atom is 0.260 e. The molecule has 3 atom stereocenters. The van der Waals surface area contributed by atoms with E-state index < -0.39 is 0 Å². The minimum Gasteiger partial charge on any atom is -0.356 e. The van der Waals surface area contributed by atoms with E-state index in [0.29, 0.717) is 5.25 Å². The fourth-order valence-electron chi connectivity index (χ4n) is 5.05. The van der Waals surface area contributed by atoms with Gasteiger partial charge in [-0.05, 0) is 75.5 Å². The van der Waals surface area contributed by atoms with Crippen LogP contribution in [0.1, 0.15) is 62.5 Å². The zero-order valence-corrected chi connectivity index (χ0v) is 19.5. The van der Waals surface area contributed by atoms with Crippen molar-refractivity contribution in [3.8, 4) is 0 Å². The SMILES string of the molecule is Cc1ccccc1/C=C1\SC2CCC(C(=O)NCCC3=CCCCC3)CC2N(C)C1=O.